The van der Waals surface area contributed by atoms with E-state index < -0.39 is 21.7 Å². The molecule has 40 heavy (non-hydrogen) atoms. The fourth-order valence-electron chi connectivity index (χ4n) is 4.27. The molecule has 1 saturated heterocycles. The third-order valence-electron chi connectivity index (χ3n) is 6.13. The molecule has 14 heteroatoms. The molecule has 0 spiro atoms. The van der Waals surface area contributed by atoms with Gasteiger partial charge in [-0.25, -0.2) is 13.4 Å². The quantitative estimate of drug-likeness (QED) is 0.272. The summed E-state index contributed by atoms with van der Waals surface area (Å²) in [7, 11) is -4.15. The van der Waals surface area contributed by atoms with E-state index in [0.717, 1.165) is 35.8 Å². The molecule has 0 saturated carbocycles. The summed E-state index contributed by atoms with van der Waals surface area (Å²) in [6, 6.07) is 14.2. The smallest absolute Gasteiger partial charge is 0.320 e. The molecule has 0 radical (unpaired) electrons. The summed E-state index contributed by atoms with van der Waals surface area (Å²) in [5, 5.41) is 16.7. The number of hydrogen-bond acceptors (Lipinski definition) is 8. The molecule has 4 rings (SSSR count). The lowest BCUT2D eigenvalue weighted by atomic mass is 10.1. The van der Waals surface area contributed by atoms with Crippen molar-refractivity contribution < 1.29 is 27.8 Å². The highest BCUT2D eigenvalue weighted by atomic mass is 35.5. The first-order valence-electron chi connectivity index (χ1n) is 12.2. The van der Waals surface area contributed by atoms with Crippen molar-refractivity contribution in [2.75, 3.05) is 42.8 Å². The Kier molecular flexibility index (Phi) is 12.1. The van der Waals surface area contributed by atoms with Crippen LogP contribution >= 0.6 is 24.8 Å². The number of nitrogens with one attached hydrogen (secondary N) is 1. The number of rotatable bonds is 10. The zero-order chi connectivity index (χ0) is 27.1. The maximum absolute atomic E-state index is 12.9. The van der Waals surface area contributed by atoms with Gasteiger partial charge >= 0.3 is 5.97 Å². The number of halogens is 2. The highest BCUT2D eigenvalue weighted by Crippen LogP contribution is 2.25. The maximum atomic E-state index is 12.9. The summed E-state index contributed by atoms with van der Waals surface area (Å²) in [6.07, 6.45) is 4.94. The molecule has 11 nitrogen and oxygen atoms in total. The molecule has 4 N–H and O–H groups in total. The van der Waals surface area contributed by atoms with Gasteiger partial charge in [-0.2, -0.15) is 0 Å². The molecule has 0 atom stereocenters. The number of nitrogen functional groups attached to an aromatic ring is 1. The molecule has 0 aliphatic carbocycles. The largest absolute Gasteiger partial charge is 0.490 e. The Bertz CT molecular complexity index is 1330. The summed E-state index contributed by atoms with van der Waals surface area (Å²) in [5.74, 6) is -1.94. The number of carboxylic acid groups (broad SMARTS) is 1. The number of sulfonamides is 1. The molecule has 0 amide bonds. The third-order valence-corrected chi connectivity index (χ3v) is 7.77. The molecule has 218 valence electrons. The average molecular weight is 615 g/mol. The molecule has 0 unspecified atom stereocenters. The van der Waals surface area contributed by atoms with Gasteiger partial charge in [0.15, 0.2) is 5.75 Å². The molecule has 0 aromatic heterocycles. The Morgan fingerprint density at radius 1 is 1.20 bits per heavy atom. The molecule has 2 aromatic rings. The minimum Gasteiger partial charge on any atom is -0.490 e. The zero-order valence-corrected chi connectivity index (χ0v) is 24.1. The SMILES string of the molecule is Cl.Cl.N=C(N)c1cccc(/C=C/CN(c2ccc(OC3CCN(C4=NCCO4)CC3)cc2)S(=O)(=O)CC(=O)O)c1. The van der Waals surface area contributed by atoms with Crippen molar-refractivity contribution >= 4 is 64.4 Å². The van der Waals surface area contributed by atoms with Gasteiger partial charge in [0, 0.05) is 31.5 Å². The second-order valence-corrected chi connectivity index (χ2v) is 10.8. The predicted molar refractivity (Wildman–Crippen MR) is 160 cm³/mol. The number of carboxylic acids is 1. The number of aliphatic imine (C=N–C) groups is 1. The van der Waals surface area contributed by atoms with Crippen molar-refractivity contribution in [1.29, 1.82) is 5.41 Å². The first kappa shape index (κ1) is 32.7. The van der Waals surface area contributed by atoms with Gasteiger partial charge in [-0.05, 0) is 35.9 Å². The second-order valence-electron chi connectivity index (χ2n) is 8.93. The van der Waals surface area contributed by atoms with Gasteiger partial charge in [0.05, 0.1) is 18.8 Å². The number of carbonyl (C=O) groups is 1. The number of piperidine rings is 1. The van der Waals surface area contributed by atoms with Gasteiger partial charge in [-0.3, -0.25) is 14.5 Å². The number of anilines is 1. The van der Waals surface area contributed by atoms with Crippen molar-refractivity contribution in [2.24, 2.45) is 10.7 Å². The fourth-order valence-corrected chi connectivity index (χ4v) is 5.50. The summed E-state index contributed by atoms with van der Waals surface area (Å²) in [5.41, 5.74) is 7.14. The van der Waals surface area contributed by atoms with Crippen LogP contribution in [-0.4, -0.2) is 80.9 Å². The molecular formula is C26H33Cl2N5O6S. The van der Waals surface area contributed by atoms with Crippen LogP contribution < -0.4 is 14.8 Å². The van der Waals surface area contributed by atoms with Crippen LogP contribution in [0.2, 0.25) is 0 Å². The number of nitrogens with two attached hydrogens (primary N) is 1. The molecule has 2 aliphatic rings. The van der Waals surface area contributed by atoms with E-state index in [9.17, 15) is 13.2 Å². The van der Waals surface area contributed by atoms with E-state index in [1.54, 1.807) is 60.7 Å². The van der Waals surface area contributed by atoms with Crippen molar-refractivity contribution in [2.45, 2.75) is 18.9 Å². The van der Waals surface area contributed by atoms with Gasteiger partial charge in [0.2, 0.25) is 10.0 Å². The molecular weight excluding hydrogens is 581 g/mol. The maximum Gasteiger partial charge on any atom is 0.320 e. The van der Waals surface area contributed by atoms with E-state index in [4.69, 9.17) is 25.7 Å². The normalized spacial score (nSPS) is 15.4. The lowest BCUT2D eigenvalue weighted by Gasteiger charge is -2.32. The third kappa shape index (κ3) is 8.77. The highest BCUT2D eigenvalue weighted by Gasteiger charge is 2.27. The van der Waals surface area contributed by atoms with Crippen LogP contribution in [0.15, 0.2) is 59.6 Å². The fraction of sp³-hybridized carbons (Fsp3) is 0.346. The first-order chi connectivity index (χ1) is 18.2. The van der Waals surface area contributed by atoms with Gasteiger partial charge in [-0.15, -0.1) is 24.8 Å². The highest BCUT2D eigenvalue weighted by molar-refractivity contribution is 7.93. The average Bonchev–Trinajstić information content (AvgIpc) is 3.42. The first-order valence-corrected chi connectivity index (χ1v) is 13.8. The summed E-state index contributed by atoms with van der Waals surface area (Å²) in [6.45, 7) is 2.81. The second kappa shape index (κ2) is 14.8. The topological polar surface area (TPSA) is 159 Å². The Morgan fingerprint density at radius 2 is 1.90 bits per heavy atom. The summed E-state index contributed by atoms with van der Waals surface area (Å²) in [4.78, 5) is 17.7. The molecule has 2 aliphatic heterocycles. The Morgan fingerprint density at radius 3 is 2.50 bits per heavy atom. The molecule has 2 aromatic carbocycles. The van der Waals surface area contributed by atoms with Crippen LogP contribution in [0.1, 0.15) is 24.0 Å². The minimum atomic E-state index is -4.15. The van der Waals surface area contributed by atoms with E-state index in [1.807, 2.05) is 0 Å². The Labute approximate surface area is 246 Å². The summed E-state index contributed by atoms with van der Waals surface area (Å²) < 4.78 is 38.4. The monoisotopic (exact) mass is 613 g/mol. The standard InChI is InChI=1S/C26H31N5O6S.2ClH/c27-25(28)20-5-1-3-19(17-20)4-2-13-31(38(34,35)18-24(32)33)21-6-8-22(9-7-21)37-23-10-14-30(15-11-23)26-29-12-16-36-26;;/h1-9,17,23H,10-16,18H2,(H3,27,28)(H,32,33);2*1H/b4-2+;;. The van der Waals surface area contributed by atoms with Crippen LogP contribution in [0.4, 0.5) is 5.69 Å². The number of likely N-dealkylation sites (tertiary alicyclic amines) is 1. The van der Waals surface area contributed by atoms with Crippen LogP contribution in [0.5, 0.6) is 5.75 Å². The van der Waals surface area contributed by atoms with Gasteiger partial charge in [-0.1, -0.05) is 30.4 Å². The van der Waals surface area contributed by atoms with Crippen LogP contribution in [0.25, 0.3) is 6.08 Å². The van der Waals surface area contributed by atoms with Crippen molar-refractivity contribution in [3.63, 3.8) is 0 Å². The number of hydrogen-bond donors (Lipinski definition) is 3. The van der Waals surface area contributed by atoms with E-state index in [2.05, 4.69) is 9.89 Å². The van der Waals surface area contributed by atoms with Crippen LogP contribution in [0, 0.1) is 5.41 Å². The Hall–Kier alpha value is -3.48. The lowest BCUT2D eigenvalue weighted by Crippen LogP contribution is -2.41. The lowest BCUT2D eigenvalue weighted by molar-refractivity contribution is -0.134. The number of aliphatic carboxylic acids is 1. The van der Waals surface area contributed by atoms with Crippen LogP contribution in [0.3, 0.4) is 0 Å². The van der Waals surface area contributed by atoms with Crippen molar-refractivity contribution in [1.82, 2.24) is 4.90 Å². The van der Waals surface area contributed by atoms with E-state index in [1.165, 1.54) is 0 Å². The molecule has 0 bridgehead atoms. The van der Waals surface area contributed by atoms with Gasteiger partial charge < -0.3 is 25.2 Å². The van der Waals surface area contributed by atoms with Crippen molar-refractivity contribution in [3.8, 4) is 5.75 Å². The number of nitrogens with zero attached hydrogens (tertiary/aromatic N) is 3. The minimum absolute atomic E-state index is 0. The number of amidine groups is 2. The van der Waals surface area contributed by atoms with E-state index in [-0.39, 0.29) is 43.3 Å². The van der Waals surface area contributed by atoms with Gasteiger partial charge in [0.25, 0.3) is 6.02 Å². The summed E-state index contributed by atoms with van der Waals surface area (Å²) >= 11 is 0. The van der Waals surface area contributed by atoms with E-state index in [0.29, 0.717) is 36.2 Å². The number of benzene rings is 2. The van der Waals surface area contributed by atoms with Crippen LogP contribution in [-0.2, 0) is 19.6 Å². The van der Waals surface area contributed by atoms with Crippen molar-refractivity contribution in [3.05, 3.63) is 65.7 Å². The Balaban J connectivity index is 0.00000280. The molecule has 1 fully saturated rings. The number of ether oxygens (including phenoxy) is 2. The zero-order valence-electron chi connectivity index (χ0n) is 21.6. The predicted octanol–water partition coefficient (Wildman–Crippen LogP) is 2.98. The molecule has 2 heterocycles. The van der Waals surface area contributed by atoms with Gasteiger partial charge in [0.1, 0.15) is 24.3 Å². The van der Waals surface area contributed by atoms with E-state index >= 15 is 0 Å².